The second-order valence-corrected chi connectivity index (χ2v) is 8.06. The molecule has 0 bridgehead atoms. The molecule has 0 spiro atoms. The van der Waals surface area contributed by atoms with Gasteiger partial charge in [0.15, 0.2) is 0 Å². The number of rotatable bonds is 3. The fourth-order valence-electron chi connectivity index (χ4n) is 3.39. The molecule has 0 unspecified atom stereocenters. The number of nitrogens with zero attached hydrogens (tertiary/aromatic N) is 3. The number of fused-ring (bicyclic) bond motifs is 1. The van der Waals surface area contributed by atoms with E-state index in [-0.39, 0.29) is 30.9 Å². The normalized spacial score (nSPS) is 12.2. The molecule has 0 aliphatic rings. The van der Waals surface area contributed by atoms with Crippen LogP contribution >= 0.6 is 0 Å². The first kappa shape index (κ1) is 18.8. The molecule has 0 amide bonds. The second kappa shape index (κ2) is 6.78. The van der Waals surface area contributed by atoms with Crippen molar-refractivity contribution in [2.24, 2.45) is 5.41 Å². The molecule has 0 saturated heterocycles. The van der Waals surface area contributed by atoms with E-state index in [4.69, 9.17) is 0 Å². The van der Waals surface area contributed by atoms with E-state index in [9.17, 15) is 0 Å². The maximum atomic E-state index is 4.56. The largest absolute Gasteiger partial charge is 0.176 e. The van der Waals surface area contributed by atoms with E-state index in [1.165, 1.54) is 5.56 Å². The first-order chi connectivity index (χ1) is 10.7. The monoisotopic (exact) mass is 499 g/mol. The van der Waals surface area contributed by atoms with E-state index in [0.717, 1.165) is 23.1 Å². The average Bonchev–Trinajstić information content (AvgIpc) is 2.89. The van der Waals surface area contributed by atoms with Gasteiger partial charge in [-0.1, -0.05) is 46.8 Å². The Morgan fingerprint density at radius 2 is 1.54 bits per heavy atom. The van der Waals surface area contributed by atoms with Crippen LogP contribution in [-0.2, 0) is 25.5 Å². The van der Waals surface area contributed by atoms with Gasteiger partial charge in [0.05, 0.1) is 0 Å². The minimum Gasteiger partial charge on any atom is -0.176 e. The van der Waals surface area contributed by atoms with Gasteiger partial charge < -0.3 is 0 Å². The van der Waals surface area contributed by atoms with Crippen molar-refractivity contribution >= 4 is 11.0 Å². The fraction of sp³-hybridized carbons (Fsp3) is 0.400. The Morgan fingerprint density at radius 3 is 2.08 bits per heavy atom. The molecule has 3 nitrogen and oxygen atoms in total. The molecular weight excluding hydrogens is 474 g/mol. The Labute approximate surface area is 157 Å². The summed E-state index contributed by atoms with van der Waals surface area (Å²) in [4.78, 5) is 1.68. The van der Waals surface area contributed by atoms with E-state index in [2.05, 4.69) is 63.0 Å². The van der Waals surface area contributed by atoms with Gasteiger partial charge in [-0.2, -0.15) is 33.2 Å². The number of hydrogen-bond acceptors (Lipinski definition) is 2. The molecular formula is C20H24IrN3-. The Morgan fingerprint density at radius 1 is 0.958 bits per heavy atom. The van der Waals surface area contributed by atoms with Crippen molar-refractivity contribution < 1.29 is 20.1 Å². The summed E-state index contributed by atoms with van der Waals surface area (Å²) < 4.78 is 0. The first-order valence-electron chi connectivity index (χ1n) is 8.09. The molecule has 0 N–H and O–H groups in total. The smallest absolute Gasteiger partial charge is 0.113 e. The molecule has 24 heavy (non-hydrogen) atoms. The van der Waals surface area contributed by atoms with E-state index in [0.29, 0.717) is 0 Å². The summed E-state index contributed by atoms with van der Waals surface area (Å²) in [5.41, 5.74) is 4.36. The number of aromatic nitrogens is 3. The van der Waals surface area contributed by atoms with Crippen LogP contribution in [-0.4, -0.2) is 15.0 Å². The van der Waals surface area contributed by atoms with Crippen LogP contribution in [0.3, 0.4) is 0 Å². The van der Waals surface area contributed by atoms with Gasteiger partial charge in [0.2, 0.25) is 0 Å². The summed E-state index contributed by atoms with van der Waals surface area (Å²) in [5, 5.41) is 9.11. The van der Waals surface area contributed by atoms with Crippen molar-refractivity contribution in [2.75, 3.05) is 0 Å². The van der Waals surface area contributed by atoms with E-state index < -0.39 is 0 Å². The van der Waals surface area contributed by atoms with Crippen LogP contribution in [0, 0.1) is 11.5 Å². The van der Waals surface area contributed by atoms with Gasteiger partial charge in [0.1, 0.15) is 11.0 Å². The first-order valence-corrected chi connectivity index (χ1v) is 8.09. The summed E-state index contributed by atoms with van der Waals surface area (Å²) in [6.45, 7) is 11.4. The van der Waals surface area contributed by atoms with Crippen LogP contribution in [0.2, 0.25) is 0 Å². The van der Waals surface area contributed by atoms with E-state index in [1.54, 1.807) is 4.80 Å². The van der Waals surface area contributed by atoms with Crippen LogP contribution in [0.15, 0.2) is 42.5 Å². The Hall–Kier alpha value is -1.51. The molecule has 0 atom stereocenters. The molecule has 1 radical (unpaired) electrons. The molecule has 3 rings (SSSR count). The third kappa shape index (κ3) is 4.11. The fourth-order valence-corrected chi connectivity index (χ4v) is 3.39. The van der Waals surface area contributed by atoms with Gasteiger partial charge in [-0.25, -0.2) is 0 Å². The van der Waals surface area contributed by atoms with Crippen LogP contribution < -0.4 is 0 Å². The maximum Gasteiger partial charge on any atom is 0.113 e. The van der Waals surface area contributed by atoms with Crippen molar-refractivity contribution in [3.8, 4) is 5.69 Å². The predicted octanol–water partition coefficient (Wildman–Crippen LogP) is 4.93. The second-order valence-electron chi connectivity index (χ2n) is 8.06. The molecule has 1 heterocycles. The minimum absolute atomic E-state index is 0. The number of benzene rings is 2. The average molecular weight is 499 g/mol. The van der Waals surface area contributed by atoms with Gasteiger partial charge in [-0.15, -0.1) is 11.6 Å². The molecule has 3 aromatic rings. The van der Waals surface area contributed by atoms with Gasteiger partial charge in [0.25, 0.3) is 0 Å². The summed E-state index contributed by atoms with van der Waals surface area (Å²) in [6, 6.07) is 17.5. The topological polar surface area (TPSA) is 30.7 Å². The minimum atomic E-state index is 0. The Kier molecular flexibility index (Phi) is 5.31. The zero-order valence-corrected chi connectivity index (χ0v) is 17.3. The summed E-state index contributed by atoms with van der Waals surface area (Å²) in [6.07, 6.45) is 1.11. The SMILES string of the molecule is CC(C)(C)CC(C)(C)c1cc[c-]c(-n2nc3ccccc3n2)c1.[Ir]. The molecule has 1 aromatic heterocycles. The van der Waals surface area contributed by atoms with E-state index in [1.807, 2.05) is 30.3 Å². The number of hydrogen-bond donors (Lipinski definition) is 0. The van der Waals surface area contributed by atoms with Gasteiger partial charge >= 0.3 is 0 Å². The van der Waals surface area contributed by atoms with Crippen molar-refractivity contribution in [3.63, 3.8) is 0 Å². The summed E-state index contributed by atoms with van der Waals surface area (Å²) in [5.74, 6) is 0. The van der Waals surface area contributed by atoms with Crippen LogP contribution in [0.5, 0.6) is 0 Å². The van der Waals surface area contributed by atoms with Gasteiger partial charge in [-0.05, 0) is 35.1 Å². The van der Waals surface area contributed by atoms with Crippen molar-refractivity contribution in [1.29, 1.82) is 0 Å². The zero-order valence-electron chi connectivity index (χ0n) is 14.9. The van der Waals surface area contributed by atoms with Crippen molar-refractivity contribution in [2.45, 2.75) is 46.5 Å². The predicted molar refractivity (Wildman–Crippen MR) is 94.8 cm³/mol. The molecule has 4 heteroatoms. The van der Waals surface area contributed by atoms with Crippen LogP contribution in [0.4, 0.5) is 0 Å². The molecule has 129 valence electrons. The standard InChI is InChI=1S/C20H24N3.Ir/c1-19(2,3)14-20(4,5)15-9-8-10-16(13-15)23-21-17-11-6-7-12-18(17)22-23;/h6-9,11-13H,14H2,1-5H3;/q-1;. The Bertz CT molecular complexity index is 795. The molecule has 0 saturated carbocycles. The zero-order chi connectivity index (χ0) is 16.7. The molecule has 0 aliphatic carbocycles. The van der Waals surface area contributed by atoms with Crippen molar-refractivity contribution in [3.05, 3.63) is 54.1 Å². The van der Waals surface area contributed by atoms with Crippen LogP contribution in [0.1, 0.15) is 46.6 Å². The third-order valence-corrected chi connectivity index (χ3v) is 4.04. The summed E-state index contributed by atoms with van der Waals surface area (Å²) in [7, 11) is 0. The maximum absolute atomic E-state index is 4.56. The Balaban J connectivity index is 0.00000208. The van der Waals surface area contributed by atoms with Crippen molar-refractivity contribution in [1.82, 2.24) is 15.0 Å². The van der Waals surface area contributed by atoms with Gasteiger partial charge in [0, 0.05) is 20.1 Å². The molecule has 0 aliphatic heterocycles. The molecule has 2 aromatic carbocycles. The third-order valence-electron chi connectivity index (χ3n) is 4.04. The quantitative estimate of drug-likeness (QED) is 0.480. The van der Waals surface area contributed by atoms with Gasteiger partial charge in [-0.3, -0.25) is 0 Å². The van der Waals surface area contributed by atoms with E-state index >= 15 is 0 Å². The summed E-state index contributed by atoms with van der Waals surface area (Å²) >= 11 is 0. The van der Waals surface area contributed by atoms with Crippen LogP contribution in [0.25, 0.3) is 16.7 Å². The molecule has 0 fully saturated rings.